The fourth-order valence-electron chi connectivity index (χ4n) is 7.29. The van der Waals surface area contributed by atoms with Gasteiger partial charge >= 0.3 is 0 Å². The van der Waals surface area contributed by atoms with E-state index in [1.54, 1.807) is 0 Å². The van der Waals surface area contributed by atoms with Gasteiger partial charge in [0, 0.05) is 37.8 Å². The predicted octanol–water partition coefficient (Wildman–Crippen LogP) is 8.06. The molecule has 2 aliphatic heterocycles. The molecule has 2 unspecified atom stereocenters. The number of piperidine rings is 2. The lowest BCUT2D eigenvalue weighted by molar-refractivity contribution is -0.139. The summed E-state index contributed by atoms with van der Waals surface area (Å²) in [4.78, 5) is 35.2. The van der Waals surface area contributed by atoms with Gasteiger partial charge in [0.25, 0.3) is 0 Å². The minimum Gasteiger partial charge on any atom is -0.342 e. The molecular formula is C37H45Cl2N3O2. The second-order valence-corrected chi connectivity index (χ2v) is 13.0. The van der Waals surface area contributed by atoms with E-state index in [1.165, 1.54) is 6.42 Å². The van der Waals surface area contributed by atoms with Crippen LogP contribution in [0.4, 0.5) is 0 Å². The molecule has 0 radical (unpaired) electrons. The zero-order valence-corrected chi connectivity index (χ0v) is 27.6. The van der Waals surface area contributed by atoms with Gasteiger partial charge < -0.3 is 4.90 Å². The first kappa shape index (κ1) is 32.7. The average Bonchev–Trinajstić information content (AvgIpc) is 3.08. The second-order valence-electron chi connectivity index (χ2n) is 12.2. The number of halogens is 2. The van der Waals surface area contributed by atoms with Gasteiger partial charge in [-0.3, -0.25) is 19.4 Å². The maximum absolute atomic E-state index is 14.2. The van der Waals surface area contributed by atoms with Crippen molar-refractivity contribution in [2.75, 3.05) is 39.3 Å². The first-order valence-electron chi connectivity index (χ1n) is 16.2. The number of carbonyl (C=O) groups excluding carboxylic acids is 2. The molecule has 5 rings (SSSR count). The monoisotopic (exact) mass is 633 g/mol. The molecule has 1 amide bonds. The van der Waals surface area contributed by atoms with Crippen LogP contribution in [0, 0.1) is 0 Å². The van der Waals surface area contributed by atoms with Gasteiger partial charge in [0.1, 0.15) is 0 Å². The van der Waals surface area contributed by atoms with Gasteiger partial charge in [-0.1, -0.05) is 96.4 Å². The van der Waals surface area contributed by atoms with Crippen molar-refractivity contribution in [3.63, 3.8) is 0 Å². The molecule has 234 valence electrons. The molecule has 2 atom stereocenters. The van der Waals surface area contributed by atoms with Crippen LogP contribution in [0.1, 0.15) is 79.9 Å². The number of amides is 1. The first-order chi connectivity index (χ1) is 21.4. The number of carbonyl (C=O) groups is 2. The molecule has 0 N–H and O–H groups in total. The van der Waals surface area contributed by atoms with E-state index in [9.17, 15) is 9.59 Å². The number of likely N-dealkylation sites (tertiary alicyclic amines) is 2. The summed E-state index contributed by atoms with van der Waals surface area (Å²) in [6, 6.07) is 25.6. The van der Waals surface area contributed by atoms with E-state index < -0.39 is 5.41 Å². The lowest BCUT2D eigenvalue weighted by Gasteiger charge is -2.46. The van der Waals surface area contributed by atoms with Crippen molar-refractivity contribution in [1.29, 1.82) is 0 Å². The number of rotatable bonds is 11. The summed E-state index contributed by atoms with van der Waals surface area (Å²) in [7, 11) is 0. The Labute approximate surface area is 273 Å². The van der Waals surface area contributed by atoms with E-state index in [1.807, 2.05) is 65.6 Å². The molecule has 0 aliphatic carbocycles. The largest absolute Gasteiger partial charge is 0.342 e. The van der Waals surface area contributed by atoms with E-state index in [2.05, 4.69) is 41.8 Å². The SMILES string of the molecule is CCN(CC)C(=O)C1(c2ccccc2)CCN(C(CC(C(=O)c2ccccc2)N2CCCCC2)c2ccc(Cl)c(Cl)c2)CC1. The van der Waals surface area contributed by atoms with Crippen molar-refractivity contribution in [2.45, 2.75) is 69.9 Å². The molecule has 2 fully saturated rings. The molecule has 5 nitrogen and oxygen atoms in total. The number of Topliss-reactive ketones (excluding diaryl/α,β-unsaturated/α-hetero) is 1. The van der Waals surface area contributed by atoms with E-state index in [0.717, 1.165) is 55.7 Å². The van der Waals surface area contributed by atoms with Crippen LogP contribution < -0.4 is 0 Å². The summed E-state index contributed by atoms with van der Waals surface area (Å²) in [5.74, 6) is 0.384. The van der Waals surface area contributed by atoms with Crippen LogP contribution in [-0.2, 0) is 10.2 Å². The summed E-state index contributed by atoms with van der Waals surface area (Å²) in [6.07, 6.45) is 5.48. The fraction of sp³-hybridized carbons (Fsp3) is 0.459. The van der Waals surface area contributed by atoms with Gasteiger partial charge in [0.05, 0.1) is 21.5 Å². The maximum atomic E-state index is 14.2. The Balaban J connectivity index is 1.49. The molecule has 0 aromatic heterocycles. The molecule has 2 heterocycles. The summed E-state index contributed by atoms with van der Waals surface area (Å²) in [5.41, 5.74) is 2.33. The Hall–Kier alpha value is -2.70. The van der Waals surface area contributed by atoms with Crippen molar-refractivity contribution in [3.05, 3.63) is 106 Å². The van der Waals surface area contributed by atoms with Crippen LogP contribution in [0.2, 0.25) is 10.0 Å². The second kappa shape index (κ2) is 15.1. The quantitative estimate of drug-likeness (QED) is 0.200. The highest BCUT2D eigenvalue weighted by molar-refractivity contribution is 6.42. The third kappa shape index (κ3) is 7.07. The van der Waals surface area contributed by atoms with Crippen molar-refractivity contribution in [3.8, 4) is 0 Å². The maximum Gasteiger partial charge on any atom is 0.233 e. The van der Waals surface area contributed by atoms with Crippen molar-refractivity contribution in [2.24, 2.45) is 0 Å². The van der Waals surface area contributed by atoms with Crippen LogP contribution in [0.5, 0.6) is 0 Å². The standard InChI is InChI=1S/C37H45Cl2N3O2/c1-3-40(4-2)36(44)37(30-16-10-6-11-17-30)20-24-42(25-21-37)33(29-18-19-31(38)32(39)26-29)27-34(41-22-12-7-13-23-41)35(43)28-14-8-5-9-15-28/h5-6,8-11,14-19,26,33-34H,3-4,7,12-13,20-25,27H2,1-2H3. The number of likely N-dealkylation sites (N-methyl/N-ethyl adjacent to an activating group) is 1. The van der Waals surface area contributed by atoms with E-state index in [-0.39, 0.29) is 23.8 Å². The highest BCUT2D eigenvalue weighted by Gasteiger charge is 2.46. The van der Waals surface area contributed by atoms with Gasteiger partial charge in [0.15, 0.2) is 5.78 Å². The summed E-state index contributed by atoms with van der Waals surface area (Å²) in [6.45, 7) is 8.81. The van der Waals surface area contributed by atoms with Gasteiger partial charge in [0.2, 0.25) is 5.91 Å². The van der Waals surface area contributed by atoms with Crippen molar-refractivity contribution >= 4 is 34.9 Å². The number of nitrogens with zero attached hydrogens (tertiary/aromatic N) is 3. The highest BCUT2D eigenvalue weighted by atomic mass is 35.5. The molecule has 2 aliphatic rings. The minimum atomic E-state index is -0.571. The first-order valence-corrected chi connectivity index (χ1v) is 17.0. The van der Waals surface area contributed by atoms with Crippen LogP contribution in [0.25, 0.3) is 0 Å². The van der Waals surface area contributed by atoms with E-state index in [4.69, 9.17) is 23.2 Å². The summed E-state index contributed by atoms with van der Waals surface area (Å²) in [5, 5.41) is 1.04. The van der Waals surface area contributed by atoms with Crippen molar-refractivity contribution < 1.29 is 9.59 Å². The Morgan fingerprint density at radius 2 is 1.39 bits per heavy atom. The molecule has 0 spiro atoms. The zero-order valence-electron chi connectivity index (χ0n) is 26.1. The van der Waals surface area contributed by atoms with Gasteiger partial charge in [-0.25, -0.2) is 0 Å². The number of hydrogen-bond donors (Lipinski definition) is 0. The molecule has 3 aromatic rings. The lowest BCUT2D eigenvalue weighted by atomic mass is 9.71. The molecule has 3 aromatic carbocycles. The number of ketones is 1. The van der Waals surface area contributed by atoms with Crippen LogP contribution in [-0.4, -0.2) is 71.7 Å². The highest BCUT2D eigenvalue weighted by Crippen LogP contribution is 2.42. The predicted molar refractivity (Wildman–Crippen MR) is 181 cm³/mol. The minimum absolute atomic E-state index is 0.0540. The number of hydrogen-bond acceptors (Lipinski definition) is 4. The molecular weight excluding hydrogens is 589 g/mol. The molecule has 2 saturated heterocycles. The zero-order chi connectivity index (χ0) is 31.1. The third-order valence-corrected chi connectivity index (χ3v) is 10.6. The van der Waals surface area contributed by atoms with E-state index in [0.29, 0.717) is 42.4 Å². The Kier molecular flexibility index (Phi) is 11.2. The van der Waals surface area contributed by atoms with Gasteiger partial charge in [-0.15, -0.1) is 0 Å². The topological polar surface area (TPSA) is 43.9 Å². The molecule has 0 bridgehead atoms. The van der Waals surface area contributed by atoms with Gasteiger partial charge in [-0.05, 0) is 82.3 Å². The van der Waals surface area contributed by atoms with E-state index >= 15 is 0 Å². The molecule has 7 heteroatoms. The summed E-state index contributed by atoms with van der Waals surface area (Å²) >= 11 is 13.0. The van der Waals surface area contributed by atoms with Crippen LogP contribution in [0.15, 0.2) is 78.9 Å². The smallest absolute Gasteiger partial charge is 0.233 e. The number of benzene rings is 3. The molecule has 0 saturated carbocycles. The Morgan fingerprint density at radius 1 is 0.773 bits per heavy atom. The molecule has 44 heavy (non-hydrogen) atoms. The van der Waals surface area contributed by atoms with Crippen molar-refractivity contribution in [1.82, 2.24) is 14.7 Å². The van der Waals surface area contributed by atoms with Gasteiger partial charge in [-0.2, -0.15) is 0 Å². The van der Waals surface area contributed by atoms with Crippen LogP contribution in [0.3, 0.4) is 0 Å². The average molecular weight is 635 g/mol. The lowest BCUT2D eigenvalue weighted by Crippen LogP contribution is -2.54. The normalized spacial score (nSPS) is 18.8. The fourth-order valence-corrected chi connectivity index (χ4v) is 7.59. The van der Waals surface area contributed by atoms with Crippen LogP contribution >= 0.6 is 23.2 Å². The Morgan fingerprint density at radius 3 is 1.98 bits per heavy atom. The third-order valence-electron chi connectivity index (χ3n) is 9.85. The summed E-state index contributed by atoms with van der Waals surface area (Å²) < 4.78 is 0. The Bertz CT molecular complexity index is 1380.